The van der Waals surface area contributed by atoms with E-state index in [4.69, 9.17) is 9.51 Å². The number of aryl methyl sites for hydroxylation is 1. The van der Waals surface area contributed by atoms with Crippen molar-refractivity contribution >= 4 is 65.8 Å². The van der Waals surface area contributed by atoms with Crippen molar-refractivity contribution in [1.29, 1.82) is 0 Å². The van der Waals surface area contributed by atoms with Crippen LogP contribution < -0.4 is 30.9 Å². The Balaban J connectivity index is 0.767. The van der Waals surface area contributed by atoms with Crippen LogP contribution in [0.25, 0.3) is 11.1 Å². The van der Waals surface area contributed by atoms with Gasteiger partial charge < -0.3 is 44.5 Å². The van der Waals surface area contributed by atoms with Gasteiger partial charge in [-0.1, -0.05) is 26.5 Å². The summed E-state index contributed by atoms with van der Waals surface area (Å²) in [6.07, 6.45) is 11.0. The van der Waals surface area contributed by atoms with Crippen LogP contribution >= 0.6 is 7.82 Å². The van der Waals surface area contributed by atoms with Gasteiger partial charge in [0.2, 0.25) is 5.91 Å². The SMILES string of the molecule is C=CC(=O)Nc1cc(Nc2cc(-c3ccnc(N4CCn5c(cc6c5CC(C)(C)C6)C4=O)c3CO)cn(C)c2=O)ncc1N1CCN(C2CCN(c3cccc4c3C(=O)N(C3CCC(C)(OP(=O)(O)O)CC3)C4=O)[C@H](C)C2)C[C@@H]1C. The van der Waals surface area contributed by atoms with Crippen molar-refractivity contribution in [3.63, 3.8) is 0 Å². The maximum Gasteiger partial charge on any atom is 0.470 e. The molecule has 80 heavy (non-hydrogen) atoms. The van der Waals surface area contributed by atoms with E-state index in [1.807, 2.05) is 18.2 Å². The number of hydrogen-bond donors (Lipinski definition) is 5. The predicted molar refractivity (Wildman–Crippen MR) is 303 cm³/mol. The van der Waals surface area contributed by atoms with Gasteiger partial charge in [-0.25, -0.2) is 14.5 Å². The number of aliphatic hydroxyl groups excluding tert-OH is 1. The molecule has 4 aromatic heterocycles. The first-order valence-electron chi connectivity index (χ1n) is 27.6. The fraction of sp³-hybridized carbons (Fsp3) is 0.466. The Labute approximate surface area is 464 Å². The lowest BCUT2D eigenvalue weighted by molar-refractivity contribution is -0.111. The van der Waals surface area contributed by atoms with Gasteiger partial charge in [0, 0.05) is 106 Å². The van der Waals surface area contributed by atoms with E-state index in [2.05, 4.69) is 69.2 Å². The average molecular weight is 1110 g/mol. The Morgan fingerprint density at radius 2 is 1.62 bits per heavy atom. The Morgan fingerprint density at radius 3 is 2.34 bits per heavy atom. The van der Waals surface area contributed by atoms with Crippen molar-refractivity contribution in [2.75, 3.05) is 58.1 Å². The Morgan fingerprint density at radius 1 is 0.863 bits per heavy atom. The highest BCUT2D eigenvalue weighted by Crippen LogP contribution is 2.48. The van der Waals surface area contributed by atoms with Crippen molar-refractivity contribution in [3.8, 4) is 11.1 Å². The molecule has 4 aliphatic heterocycles. The maximum absolute atomic E-state index is 14.2. The molecule has 3 atom stereocenters. The maximum atomic E-state index is 14.2. The molecule has 0 spiro atoms. The molecule has 22 heteroatoms. The van der Waals surface area contributed by atoms with Crippen molar-refractivity contribution in [1.82, 2.24) is 28.9 Å². The molecule has 2 aliphatic carbocycles. The molecule has 1 unspecified atom stereocenters. The summed E-state index contributed by atoms with van der Waals surface area (Å²) in [5.41, 5.74) is 6.35. The number of fused-ring (bicyclic) bond motifs is 4. The first-order valence-corrected chi connectivity index (χ1v) is 29.1. The topological polar surface area (TPSA) is 248 Å². The normalized spacial score (nSPS) is 24.0. The third-order valence-electron chi connectivity index (χ3n) is 17.4. The molecular formula is C58H70N11O10P. The molecule has 4 amide bonds. The van der Waals surface area contributed by atoms with Gasteiger partial charge in [-0.05, 0) is 125 Å². The highest BCUT2D eigenvalue weighted by atomic mass is 31.2. The molecule has 3 fully saturated rings. The van der Waals surface area contributed by atoms with E-state index in [1.54, 1.807) is 61.7 Å². The molecule has 6 aliphatic rings. The van der Waals surface area contributed by atoms with Gasteiger partial charge in [0.05, 0.1) is 46.6 Å². The molecule has 422 valence electrons. The van der Waals surface area contributed by atoms with Crippen LogP contribution in [0.2, 0.25) is 0 Å². The number of anilines is 6. The Bertz CT molecular complexity index is 3470. The van der Waals surface area contributed by atoms with Crippen LogP contribution in [0.5, 0.6) is 0 Å². The molecule has 5 aromatic rings. The molecule has 21 nitrogen and oxygen atoms in total. The molecule has 11 rings (SSSR count). The van der Waals surface area contributed by atoms with E-state index in [0.29, 0.717) is 108 Å². The number of hydrogen-bond acceptors (Lipinski definition) is 14. The second kappa shape index (κ2) is 20.8. The molecule has 5 N–H and O–H groups in total. The number of carbonyl (C=O) groups excluding carboxylic acids is 4. The minimum Gasteiger partial charge on any atom is -0.392 e. The summed E-state index contributed by atoms with van der Waals surface area (Å²) in [4.78, 5) is 107. The van der Waals surface area contributed by atoms with Crippen molar-refractivity contribution in [3.05, 3.63) is 118 Å². The lowest BCUT2D eigenvalue weighted by Gasteiger charge is -2.48. The summed E-state index contributed by atoms with van der Waals surface area (Å²) >= 11 is 0. The number of benzene rings is 1. The number of aliphatic hydroxyl groups is 1. The van der Waals surface area contributed by atoms with Crippen LogP contribution in [0.3, 0.4) is 0 Å². The number of nitrogens with one attached hydrogen (secondary N) is 2. The number of amides is 4. The zero-order chi connectivity index (χ0) is 56.7. The minimum absolute atomic E-state index is 0.000971. The standard InChI is InChI=1S/C58H70N11O10P/c1-8-50(71)62-43-27-49(61-44-25-37(32-63(7)54(44)73)40-14-18-59-52(42(40)33-70)68-23-22-67-46(55(68)74)26-36-28-57(4,5)29-47(36)67)60-30-48(43)66-21-20-64(31-35(66)3)39-15-19-65(34(2)24-39)45-11-9-10-41-51(45)56(75)69(53(41)72)38-12-16-58(6,17-13-38)79-80(76,77)78/h8-11,14,18,25-27,30,32,34-35,38-39,70H,1,12-13,15-17,19-24,28-29,31,33H2,2-7H3,(H2,76,77,78)(H2,60,61,62,71)/t34-,35+,38?,39?,58?/m1/s1. The van der Waals surface area contributed by atoms with E-state index in [-0.39, 0.29) is 52.5 Å². The summed E-state index contributed by atoms with van der Waals surface area (Å²) in [5, 5.41) is 17.1. The number of phosphoric ester groups is 1. The lowest BCUT2D eigenvalue weighted by atomic mass is 9.83. The number of phosphoric acid groups is 1. The first kappa shape index (κ1) is 54.9. The van der Waals surface area contributed by atoms with Gasteiger partial charge in [-0.15, -0.1) is 0 Å². The Kier molecular flexibility index (Phi) is 14.3. The first-order chi connectivity index (χ1) is 38.0. The van der Waals surface area contributed by atoms with Crippen LogP contribution in [0.1, 0.15) is 121 Å². The Hall–Kier alpha value is -7.00. The van der Waals surface area contributed by atoms with Crippen molar-refractivity contribution < 1.29 is 43.2 Å². The van der Waals surface area contributed by atoms with Gasteiger partial charge in [-0.2, -0.15) is 0 Å². The van der Waals surface area contributed by atoms with Crippen molar-refractivity contribution in [2.45, 2.75) is 129 Å². The second-order valence-corrected chi connectivity index (χ2v) is 24.8. The molecule has 1 saturated carbocycles. The number of imide groups is 1. The van der Waals surface area contributed by atoms with Gasteiger partial charge >= 0.3 is 7.82 Å². The number of rotatable bonds is 13. The van der Waals surface area contributed by atoms with E-state index in [1.165, 1.54) is 26.8 Å². The van der Waals surface area contributed by atoms with E-state index >= 15 is 0 Å². The van der Waals surface area contributed by atoms with E-state index in [9.17, 15) is 43.4 Å². The molecular weight excluding hydrogens is 1040 g/mol. The largest absolute Gasteiger partial charge is 0.470 e. The van der Waals surface area contributed by atoms with Crippen molar-refractivity contribution in [2.24, 2.45) is 12.5 Å². The van der Waals surface area contributed by atoms with Gasteiger partial charge in [-0.3, -0.25) is 43.2 Å². The minimum atomic E-state index is -4.72. The third kappa shape index (κ3) is 10.2. The quantitative estimate of drug-likeness (QED) is 0.0464. The zero-order valence-electron chi connectivity index (χ0n) is 46.1. The number of aromatic nitrogens is 4. The zero-order valence-corrected chi connectivity index (χ0v) is 47.0. The second-order valence-electron chi connectivity index (χ2n) is 23.6. The van der Waals surface area contributed by atoms with Crippen LogP contribution in [0, 0.1) is 5.41 Å². The van der Waals surface area contributed by atoms with Crippen LogP contribution in [-0.4, -0.2) is 130 Å². The van der Waals surface area contributed by atoms with Gasteiger partial charge in [0.1, 0.15) is 23.0 Å². The summed E-state index contributed by atoms with van der Waals surface area (Å²) in [6, 6.07) is 12.5. The summed E-state index contributed by atoms with van der Waals surface area (Å²) < 4.78 is 20.3. The smallest absolute Gasteiger partial charge is 0.392 e. The van der Waals surface area contributed by atoms with E-state index in [0.717, 1.165) is 44.5 Å². The van der Waals surface area contributed by atoms with Crippen LogP contribution in [-0.2, 0) is 46.9 Å². The fourth-order valence-corrected chi connectivity index (χ4v) is 14.3. The number of piperazine rings is 1. The number of carbonyl (C=O) groups is 4. The molecule has 0 bridgehead atoms. The third-order valence-corrected chi connectivity index (χ3v) is 18.1. The van der Waals surface area contributed by atoms with Crippen LogP contribution in [0.15, 0.2) is 78.5 Å². The highest BCUT2D eigenvalue weighted by molar-refractivity contribution is 7.46. The number of nitrogens with zero attached hydrogens (tertiary/aromatic N) is 9. The summed E-state index contributed by atoms with van der Waals surface area (Å²) in [7, 11) is -3.08. The number of piperidine rings is 1. The average Bonchev–Trinajstić information content (AvgIpc) is 4.04. The summed E-state index contributed by atoms with van der Waals surface area (Å²) in [6.45, 7) is 17.5. The summed E-state index contributed by atoms with van der Waals surface area (Å²) in [5.74, 6) is -0.603. The molecule has 0 radical (unpaired) electrons. The lowest BCUT2D eigenvalue weighted by Crippen LogP contribution is -2.58. The monoisotopic (exact) mass is 1110 g/mol. The fourth-order valence-electron chi connectivity index (χ4n) is 13.6. The molecule has 2 saturated heterocycles. The number of pyridine rings is 3. The van der Waals surface area contributed by atoms with Gasteiger partial charge in [0.25, 0.3) is 23.3 Å². The van der Waals surface area contributed by atoms with Crippen LogP contribution in [0.4, 0.5) is 34.4 Å². The highest BCUT2D eigenvalue weighted by Gasteiger charge is 2.47. The van der Waals surface area contributed by atoms with Gasteiger partial charge in [0.15, 0.2) is 0 Å². The molecule has 1 aromatic carbocycles. The molecule has 8 heterocycles. The van der Waals surface area contributed by atoms with E-state index < -0.39 is 32.0 Å². The predicted octanol–water partition coefficient (Wildman–Crippen LogP) is 6.76.